The van der Waals surface area contributed by atoms with Crippen molar-refractivity contribution in [3.63, 3.8) is 0 Å². The van der Waals surface area contributed by atoms with Crippen LogP contribution in [0.4, 0.5) is 0 Å². The number of hydrogen-bond acceptors (Lipinski definition) is 3. The lowest BCUT2D eigenvalue weighted by Gasteiger charge is -2.11. The largest absolute Gasteiger partial charge is 0.496 e. The van der Waals surface area contributed by atoms with Crippen LogP contribution in [-0.2, 0) is 11.2 Å². The molecule has 128 valence electrons. The van der Waals surface area contributed by atoms with Gasteiger partial charge in [-0.2, -0.15) is 0 Å². The number of carbonyl (C=O) groups is 1. The zero-order valence-electron chi connectivity index (χ0n) is 13.6. The fourth-order valence-electron chi connectivity index (χ4n) is 2.23. The molecule has 24 heavy (non-hydrogen) atoms. The first kappa shape index (κ1) is 18.6. The van der Waals surface area contributed by atoms with Gasteiger partial charge >= 0.3 is 0 Å². The van der Waals surface area contributed by atoms with Crippen LogP contribution in [0.25, 0.3) is 0 Å². The number of methoxy groups -OCH3 is 1. The zero-order valence-corrected chi connectivity index (χ0v) is 15.9. The first-order valence-corrected chi connectivity index (χ1v) is 8.64. The van der Waals surface area contributed by atoms with E-state index in [-0.39, 0.29) is 12.5 Å². The Hall–Kier alpha value is -1.72. The van der Waals surface area contributed by atoms with E-state index in [4.69, 9.17) is 21.1 Å². The summed E-state index contributed by atoms with van der Waals surface area (Å²) in [5.41, 5.74) is 2.22. The number of ether oxygens (including phenoxy) is 2. The summed E-state index contributed by atoms with van der Waals surface area (Å²) in [6.45, 7) is 2.46. The molecule has 2 aromatic carbocycles. The average Bonchev–Trinajstić information content (AvgIpc) is 2.54. The molecule has 0 unspecified atom stereocenters. The molecule has 0 aliphatic rings. The van der Waals surface area contributed by atoms with Crippen LogP contribution in [0, 0.1) is 6.92 Å². The van der Waals surface area contributed by atoms with E-state index in [2.05, 4.69) is 27.3 Å². The van der Waals surface area contributed by atoms with Gasteiger partial charge in [-0.25, -0.2) is 0 Å². The second-order valence-corrected chi connectivity index (χ2v) is 6.60. The topological polar surface area (TPSA) is 47.6 Å². The van der Waals surface area contributed by atoms with E-state index in [0.29, 0.717) is 23.7 Å². The number of hydrogen-bond donors (Lipinski definition) is 1. The monoisotopic (exact) mass is 411 g/mol. The summed E-state index contributed by atoms with van der Waals surface area (Å²) in [5.74, 6) is 1.11. The molecule has 0 fully saturated rings. The summed E-state index contributed by atoms with van der Waals surface area (Å²) < 4.78 is 11.6. The number of aryl methyl sites for hydroxylation is 1. The maximum Gasteiger partial charge on any atom is 0.257 e. The van der Waals surface area contributed by atoms with E-state index < -0.39 is 0 Å². The number of amides is 1. The summed E-state index contributed by atoms with van der Waals surface area (Å²) in [4.78, 5) is 11.9. The van der Waals surface area contributed by atoms with Crippen LogP contribution in [0.1, 0.15) is 11.1 Å². The fourth-order valence-corrected chi connectivity index (χ4v) is 2.95. The average molecular weight is 413 g/mol. The molecule has 0 saturated heterocycles. The number of benzene rings is 2. The minimum Gasteiger partial charge on any atom is -0.496 e. The van der Waals surface area contributed by atoms with Crippen molar-refractivity contribution in [2.24, 2.45) is 0 Å². The summed E-state index contributed by atoms with van der Waals surface area (Å²) in [6.07, 6.45) is 0.690. The van der Waals surface area contributed by atoms with Crippen molar-refractivity contribution in [1.29, 1.82) is 0 Å². The van der Waals surface area contributed by atoms with Crippen molar-refractivity contribution in [2.45, 2.75) is 13.3 Å². The fraction of sp³-hybridized carbons (Fsp3) is 0.278. The van der Waals surface area contributed by atoms with Gasteiger partial charge in [0, 0.05) is 11.0 Å². The molecular formula is C18H19BrClNO3. The zero-order chi connectivity index (χ0) is 17.5. The lowest BCUT2D eigenvalue weighted by molar-refractivity contribution is -0.123. The highest BCUT2D eigenvalue weighted by molar-refractivity contribution is 9.10. The van der Waals surface area contributed by atoms with Gasteiger partial charge < -0.3 is 14.8 Å². The molecule has 2 rings (SSSR count). The van der Waals surface area contributed by atoms with Crippen LogP contribution in [0.3, 0.4) is 0 Å². The third-order valence-electron chi connectivity index (χ3n) is 3.41. The highest BCUT2D eigenvalue weighted by Crippen LogP contribution is 2.27. The van der Waals surface area contributed by atoms with Crippen LogP contribution in [0.15, 0.2) is 40.9 Å². The molecule has 2 aromatic rings. The molecule has 0 bridgehead atoms. The molecule has 0 saturated carbocycles. The van der Waals surface area contributed by atoms with Crippen LogP contribution in [0.5, 0.6) is 11.5 Å². The van der Waals surface area contributed by atoms with Crippen molar-refractivity contribution >= 4 is 33.4 Å². The molecule has 6 heteroatoms. The maximum atomic E-state index is 11.9. The van der Waals surface area contributed by atoms with Gasteiger partial charge in [-0.1, -0.05) is 45.2 Å². The molecule has 0 aromatic heterocycles. The van der Waals surface area contributed by atoms with Crippen molar-refractivity contribution in [1.82, 2.24) is 5.32 Å². The van der Waals surface area contributed by atoms with Crippen LogP contribution in [0.2, 0.25) is 5.02 Å². The van der Waals surface area contributed by atoms with E-state index in [1.54, 1.807) is 19.2 Å². The number of rotatable bonds is 7. The lowest BCUT2D eigenvalue weighted by atomic mass is 10.1. The minimum atomic E-state index is -0.194. The summed E-state index contributed by atoms with van der Waals surface area (Å²) in [7, 11) is 1.64. The molecule has 0 spiro atoms. The molecular weight excluding hydrogens is 394 g/mol. The highest BCUT2D eigenvalue weighted by atomic mass is 79.9. The number of carbonyl (C=O) groups excluding carboxylic acids is 1. The Kier molecular flexibility index (Phi) is 6.94. The third kappa shape index (κ3) is 5.42. The predicted octanol–water partition coefficient (Wildman–Crippen LogP) is 4.16. The molecule has 1 N–H and O–H groups in total. The molecule has 1 amide bonds. The lowest BCUT2D eigenvalue weighted by Crippen LogP contribution is -2.30. The van der Waals surface area contributed by atoms with Gasteiger partial charge in [0.25, 0.3) is 5.91 Å². The number of halogens is 2. The quantitative estimate of drug-likeness (QED) is 0.743. The van der Waals surface area contributed by atoms with Crippen LogP contribution < -0.4 is 14.8 Å². The Balaban J connectivity index is 1.80. The molecule has 0 atom stereocenters. The van der Waals surface area contributed by atoms with Gasteiger partial charge in [0.1, 0.15) is 11.5 Å². The van der Waals surface area contributed by atoms with E-state index in [1.807, 2.05) is 25.1 Å². The van der Waals surface area contributed by atoms with Crippen molar-refractivity contribution in [2.75, 3.05) is 20.3 Å². The summed E-state index contributed by atoms with van der Waals surface area (Å²) >= 11 is 9.36. The Bertz CT molecular complexity index is 721. The SMILES string of the molecule is COc1ccc(C)cc1CCNC(=O)COc1ccc(Br)cc1Cl. The first-order chi connectivity index (χ1) is 11.5. The van der Waals surface area contributed by atoms with E-state index in [1.165, 1.54) is 0 Å². The van der Waals surface area contributed by atoms with Gasteiger partial charge in [-0.3, -0.25) is 4.79 Å². The second-order valence-electron chi connectivity index (χ2n) is 5.28. The van der Waals surface area contributed by atoms with Crippen LogP contribution >= 0.6 is 27.5 Å². The maximum absolute atomic E-state index is 11.9. The van der Waals surface area contributed by atoms with Crippen molar-refractivity contribution < 1.29 is 14.3 Å². The second kappa shape index (κ2) is 8.94. The molecule has 0 aliphatic carbocycles. The first-order valence-electron chi connectivity index (χ1n) is 7.47. The van der Waals surface area contributed by atoms with Crippen molar-refractivity contribution in [3.8, 4) is 11.5 Å². The highest BCUT2D eigenvalue weighted by Gasteiger charge is 2.08. The number of nitrogens with one attached hydrogen (secondary N) is 1. The third-order valence-corrected chi connectivity index (χ3v) is 4.19. The van der Waals surface area contributed by atoms with Gasteiger partial charge in [0.15, 0.2) is 6.61 Å². The summed E-state index contributed by atoms with van der Waals surface area (Å²) in [5, 5.41) is 3.29. The normalized spacial score (nSPS) is 10.3. The smallest absolute Gasteiger partial charge is 0.257 e. The van der Waals surface area contributed by atoms with E-state index in [0.717, 1.165) is 21.3 Å². The van der Waals surface area contributed by atoms with E-state index in [9.17, 15) is 4.79 Å². The minimum absolute atomic E-state index is 0.0771. The predicted molar refractivity (Wildman–Crippen MR) is 99.1 cm³/mol. The Morgan fingerprint density at radius 2 is 1.96 bits per heavy atom. The standard InChI is InChI=1S/C18H19BrClNO3/c1-12-3-5-16(23-2)13(9-12)7-8-21-18(22)11-24-17-6-4-14(19)10-15(17)20/h3-6,9-10H,7-8,11H2,1-2H3,(H,21,22). The summed E-state index contributed by atoms with van der Waals surface area (Å²) in [6, 6.07) is 11.2. The molecule has 0 aliphatic heterocycles. The van der Waals surface area contributed by atoms with Gasteiger partial charge in [-0.05, 0) is 43.2 Å². The van der Waals surface area contributed by atoms with Gasteiger partial charge in [0.2, 0.25) is 0 Å². The van der Waals surface area contributed by atoms with Gasteiger partial charge in [-0.15, -0.1) is 0 Å². The Labute approximate surface area is 155 Å². The Morgan fingerprint density at radius 3 is 2.67 bits per heavy atom. The van der Waals surface area contributed by atoms with Crippen molar-refractivity contribution in [3.05, 3.63) is 57.0 Å². The Morgan fingerprint density at radius 1 is 1.21 bits per heavy atom. The molecule has 0 radical (unpaired) electrons. The molecule has 0 heterocycles. The van der Waals surface area contributed by atoms with Gasteiger partial charge in [0.05, 0.1) is 12.1 Å². The van der Waals surface area contributed by atoms with Crippen LogP contribution in [-0.4, -0.2) is 26.2 Å². The molecule has 4 nitrogen and oxygen atoms in total. The van der Waals surface area contributed by atoms with E-state index >= 15 is 0 Å².